The molecule has 2 aliphatic rings. The predicted octanol–water partition coefficient (Wildman–Crippen LogP) is 3.81. The fourth-order valence-corrected chi connectivity index (χ4v) is 3.30. The van der Waals surface area contributed by atoms with Gasteiger partial charge in [0.1, 0.15) is 11.3 Å². The van der Waals surface area contributed by atoms with Crippen LogP contribution in [0.15, 0.2) is 45.6 Å². The maximum Gasteiger partial charge on any atom is 0.344 e. The molecule has 0 radical (unpaired) electrons. The molecule has 3 aromatic rings. The molecule has 0 unspecified atom stereocenters. The van der Waals surface area contributed by atoms with Gasteiger partial charge < -0.3 is 18.6 Å². The number of rotatable bonds is 3. The summed E-state index contributed by atoms with van der Waals surface area (Å²) in [5.41, 5.74) is 1.91. The molecular weight excluding hydrogens is 348 g/mol. The van der Waals surface area contributed by atoms with Gasteiger partial charge in [-0.05, 0) is 55.2 Å². The summed E-state index contributed by atoms with van der Waals surface area (Å²) >= 11 is 0. The summed E-state index contributed by atoms with van der Waals surface area (Å²) in [6, 6.07) is 10.5. The summed E-state index contributed by atoms with van der Waals surface area (Å²) in [6.07, 6.45) is 1.75. The van der Waals surface area contributed by atoms with E-state index in [9.17, 15) is 9.59 Å². The minimum Gasteiger partial charge on any atom is -0.454 e. The summed E-state index contributed by atoms with van der Waals surface area (Å²) in [7, 11) is 0. The fourth-order valence-electron chi connectivity index (χ4n) is 3.30. The Labute approximate surface area is 154 Å². The highest BCUT2D eigenvalue weighted by molar-refractivity contribution is 5.88. The van der Waals surface area contributed by atoms with Crippen molar-refractivity contribution >= 4 is 16.9 Å². The highest BCUT2D eigenvalue weighted by Crippen LogP contribution is 2.37. The Morgan fingerprint density at radius 2 is 1.89 bits per heavy atom. The molecule has 1 fully saturated rings. The lowest BCUT2D eigenvalue weighted by molar-refractivity contribution is -0.135. The van der Waals surface area contributed by atoms with Crippen LogP contribution in [0.25, 0.3) is 22.1 Å². The van der Waals surface area contributed by atoms with Gasteiger partial charge in [-0.1, -0.05) is 6.07 Å². The van der Waals surface area contributed by atoms with Crippen molar-refractivity contribution in [2.75, 3.05) is 6.79 Å². The summed E-state index contributed by atoms with van der Waals surface area (Å²) in [4.78, 5) is 24.5. The Hall–Kier alpha value is -3.28. The van der Waals surface area contributed by atoms with Crippen molar-refractivity contribution in [2.24, 2.45) is 5.92 Å². The van der Waals surface area contributed by atoms with Gasteiger partial charge in [0.15, 0.2) is 11.5 Å². The zero-order valence-corrected chi connectivity index (χ0v) is 14.6. The smallest absolute Gasteiger partial charge is 0.344 e. The van der Waals surface area contributed by atoms with E-state index in [1.165, 1.54) is 0 Å². The number of esters is 1. The first-order chi connectivity index (χ1) is 13.1. The summed E-state index contributed by atoms with van der Waals surface area (Å²) in [5, 5.41) is 0.786. The lowest BCUT2D eigenvalue weighted by Crippen LogP contribution is -2.10. The minimum absolute atomic E-state index is 0.00262. The first-order valence-corrected chi connectivity index (χ1v) is 8.79. The maximum absolute atomic E-state index is 12.7. The number of ether oxygens (including phenoxy) is 3. The lowest BCUT2D eigenvalue weighted by Gasteiger charge is -2.10. The third-order valence-corrected chi connectivity index (χ3v) is 4.93. The Kier molecular flexibility index (Phi) is 3.47. The van der Waals surface area contributed by atoms with E-state index < -0.39 is 5.63 Å². The first-order valence-electron chi connectivity index (χ1n) is 8.79. The molecule has 0 saturated heterocycles. The molecule has 2 heterocycles. The van der Waals surface area contributed by atoms with Gasteiger partial charge >= 0.3 is 11.6 Å². The molecule has 0 atom stereocenters. The van der Waals surface area contributed by atoms with Crippen molar-refractivity contribution < 1.29 is 23.4 Å². The van der Waals surface area contributed by atoms with Crippen LogP contribution in [0.1, 0.15) is 18.4 Å². The van der Waals surface area contributed by atoms with E-state index in [1.807, 2.05) is 13.0 Å². The molecular formula is C21H16O6. The number of hydrogen-bond donors (Lipinski definition) is 0. The summed E-state index contributed by atoms with van der Waals surface area (Å²) in [6.45, 7) is 2.04. The highest BCUT2D eigenvalue weighted by atomic mass is 16.7. The average Bonchev–Trinajstić information content (AvgIpc) is 3.40. The van der Waals surface area contributed by atoms with Crippen LogP contribution >= 0.6 is 0 Å². The number of hydrogen-bond acceptors (Lipinski definition) is 6. The van der Waals surface area contributed by atoms with Crippen LogP contribution in [-0.4, -0.2) is 12.8 Å². The third kappa shape index (κ3) is 2.73. The second kappa shape index (κ2) is 5.87. The fraction of sp³-hybridized carbons (Fsp3) is 0.238. The molecule has 136 valence electrons. The van der Waals surface area contributed by atoms with Crippen LogP contribution in [0, 0.1) is 12.8 Å². The van der Waals surface area contributed by atoms with Crippen LogP contribution in [-0.2, 0) is 4.79 Å². The van der Waals surface area contributed by atoms with Crippen molar-refractivity contribution in [3.05, 3.63) is 52.4 Å². The molecule has 6 heteroatoms. The molecule has 0 spiro atoms. The summed E-state index contributed by atoms with van der Waals surface area (Å²) < 4.78 is 21.6. The molecule has 1 aliphatic heterocycles. The molecule has 1 saturated carbocycles. The molecule has 1 aliphatic carbocycles. The van der Waals surface area contributed by atoms with E-state index in [0.717, 1.165) is 23.8 Å². The molecule has 0 bridgehead atoms. The van der Waals surface area contributed by atoms with Gasteiger partial charge in [-0.2, -0.15) is 0 Å². The zero-order valence-electron chi connectivity index (χ0n) is 14.6. The standard InChI is InChI=1S/C21H16O6/c1-11-15-6-5-14(26-20(22)12-2-3-12)9-17(15)27-21(23)19(11)13-4-7-16-18(8-13)25-10-24-16/h4-9,12H,2-3,10H2,1H3. The number of aryl methyl sites for hydroxylation is 1. The topological polar surface area (TPSA) is 75.0 Å². The molecule has 1 aromatic heterocycles. The molecule has 27 heavy (non-hydrogen) atoms. The number of carbonyl (C=O) groups excluding carboxylic acids is 1. The van der Waals surface area contributed by atoms with Gasteiger partial charge in [0, 0.05) is 11.5 Å². The van der Waals surface area contributed by atoms with E-state index in [1.54, 1.807) is 30.3 Å². The van der Waals surface area contributed by atoms with Crippen LogP contribution in [0.4, 0.5) is 0 Å². The largest absolute Gasteiger partial charge is 0.454 e. The predicted molar refractivity (Wildman–Crippen MR) is 97.1 cm³/mol. The average molecular weight is 364 g/mol. The molecule has 0 amide bonds. The van der Waals surface area contributed by atoms with Crippen molar-refractivity contribution in [2.45, 2.75) is 19.8 Å². The van der Waals surface area contributed by atoms with Crippen molar-refractivity contribution in [3.8, 4) is 28.4 Å². The van der Waals surface area contributed by atoms with Crippen molar-refractivity contribution in [1.82, 2.24) is 0 Å². The summed E-state index contributed by atoms with van der Waals surface area (Å²) in [5.74, 6) is 1.42. The Morgan fingerprint density at radius 1 is 1.07 bits per heavy atom. The Morgan fingerprint density at radius 3 is 2.70 bits per heavy atom. The van der Waals surface area contributed by atoms with E-state index in [2.05, 4.69) is 0 Å². The molecule has 0 N–H and O–H groups in total. The SMILES string of the molecule is Cc1c(-c2ccc3c(c2)OCO3)c(=O)oc2cc(OC(=O)C3CC3)ccc12. The third-order valence-electron chi connectivity index (χ3n) is 4.93. The highest BCUT2D eigenvalue weighted by Gasteiger charge is 2.31. The molecule has 6 nitrogen and oxygen atoms in total. The van der Waals surface area contributed by atoms with Gasteiger partial charge in [-0.25, -0.2) is 4.79 Å². The van der Waals surface area contributed by atoms with E-state index in [4.69, 9.17) is 18.6 Å². The second-order valence-corrected chi connectivity index (χ2v) is 6.81. The van der Waals surface area contributed by atoms with Gasteiger partial charge in [-0.15, -0.1) is 0 Å². The van der Waals surface area contributed by atoms with Crippen LogP contribution < -0.4 is 19.8 Å². The van der Waals surface area contributed by atoms with E-state index in [0.29, 0.717) is 34.0 Å². The van der Waals surface area contributed by atoms with Gasteiger partial charge in [-0.3, -0.25) is 4.79 Å². The zero-order chi connectivity index (χ0) is 18.5. The number of carbonyl (C=O) groups is 1. The number of benzene rings is 2. The van der Waals surface area contributed by atoms with E-state index >= 15 is 0 Å². The van der Waals surface area contributed by atoms with Crippen LogP contribution in [0.3, 0.4) is 0 Å². The molecule has 5 rings (SSSR count). The quantitative estimate of drug-likeness (QED) is 0.400. The van der Waals surface area contributed by atoms with Crippen molar-refractivity contribution in [3.63, 3.8) is 0 Å². The van der Waals surface area contributed by atoms with Crippen molar-refractivity contribution in [1.29, 1.82) is 0 Å². The Balaban J connectivity index is 1.58. The Bertz CT molecular complexity index is 1140. The monoisotopic (exact) mass is 364 g/mol. The van der Waals surface area contributed by atoms with Gasteiger partial charge in [0.2, 0.25) is 6.79 Å². The van der Waals surface area contributed by atoms with Gasteiger partial charge in [0.05, 0.1) is 11.5 Å². The lowest BCUT2D eigenvalue weighted by atomic mass is 9.99. The van der Waals surface area contributed by atoms with Crippen LogP contribution in [0.5, 0.6) is 17.2 Å². The van der Waals surface area contributed by atoms with Gasteiger partial charge in [0.25, 0.3) is 0 Å². The molecule has 2 aromatic carbocycles. The normalized spacial score (nSPS) is 15.1. The first kappa shape index (κ1) is 15.9. The maximum atomic E-state index is 12.7. The minimum atomic E-state index is -0.454. The van der Waals surface area contributed by atoms with E-state index in [-0.39, 0.29) is 18.7 Å². The van der Waals surface area contributed by atoms with Crippen LogP contribution in [0.2, 0.25) is 0 Å². The number of fused-ring (bicyclic) bond motifs is 2. The second-order valence-electron chi connectivity index (χ2n) is 6.81.